The number of hydrogen-bond donors (Lipinski definition) is 0. The summed E-state index contributed by atoms with van der Waals surface area (Å²) in [5, 5.41) is 0. The number of nitrogens with zero attached hydrogens (tertiary/aromatic N) is 2. The van der Waals surface area contributed by atoms with Crippen molar-refractivity contribution in [3.8, 4) is 0 Å². The lowest BCUT2D eigenvalue weighted by atomic mass is 9.72. The Kier molecular flexibility index (Phi) is 3.10. The summed E-state index contributed by atoms with van der Waals surface area (Å²) in [6.45, 7) is 0. The molecule has 0 aliphatic heterocycles. The number of benzene rings is 2. The van der Waals surface area contributed by atoms with Gasteiger partial charge in [0.1, 0.15) is 0 Å². The number of rotatable bonds is 3. The molecule has 0 bridgehead atoms. The zero-order chi connectivity index (χ0) is 13.9. The van der Waals surface area contributed by atoms with Gasteiger partial charge in [-0.3, -0.25) is 0 Å². The first kappa shape index (κ1) is 12.2. The molecule has 4 heteroatoms. The molecule has 0 saturated carbocycles. The summed E-state index contributed by atoms with van der Waals surface area (Å²) in [6.07, 6.45) is 3.95. The number of para-hydroxylation sites is 1. The molecule has 0 spiro atoms. The van der Waals surface area contributed by atoms with Crippen LogP contribution in [-0.2, 0) is 16.0 Å². The minimum absolute atomic E-state index is 0.181. The normalized spacial score (nSPS) is 15.3. The molecular formula is C16H10N2O2. The number of aliphatic imine (C=N–C) groups is 2. The molecule has 0 N–H and O–H groups in total. The molecule has 1 aliphatic rings. The standard InChI is InChI=1S/C16H10N2O2/c19-9-17-15-6-2-1-4-12(15)13-8-14-11(13)5-3-7-16(14)18-10-20/h1-7,13H,8H2. The van der Waals surface area contributed by atoms with Crippen LogP contribution in [0.3, 0.4) is 0 Å². The minimum Gasteiger partial charge on any atom is -0.211 e. The Labute approximate surface area is 115 Å². The predicted octanol–water partition coefficient (Wildman–Crippen LogP) is 3.31. The van der Waals surface area contributed by atoms with E-state index in [0.29, 0.717) is 11.4 Å². The van der Waals surface area contributed by atoms with Gasteiger partial charge in [-0.25, -0.2) is 9.59 Å². The molecule has 96 valence electrons. The van der Waals surface area contributed by atoms with Gasteiger partial charge in [0.05, 0.1) is 11.4 Å². The van der Waals surface area contributed by atoms with Crippen LogP contribution in [0.25, 0.3) is 0 Å². The SMILES string of the molecule is O=C=Nc1ccccc1C1Cc2c(N=C=O)cccc21. The molecule has 1 unspecified atom stereocenters. The van der Waals surface area contributed by atoms with Gasteiger partial charge in [0.25, 0.3) is 0 Å². The molecule has 0 aromatic heterocycles. The van der Waals surface area contributed by atoms with Crippen LogP contribution in [0.1, 0.15) is 22.6 Å². The molecule has 2 aromatic carbocycles. The van der Waals surface area contributed by atoms with Crippen LogP contribution in [-0.4, -0.2) is 12.2 Å². The first-order valence-electron chi connectivity index (χ1n) is 6.21. The van der Waals surface area contributed by atoms with Crippen LogP contribution in [0.5, 0.6) is 0 Å². The van der Waals surface area contributed by atoms with E-state index in [4.69, 9.17) is 0 Å². The lowest BCUT2D eigenvalue weighted by Crippen LogP contribution is -2.18. The van der Waals surface area contributed by atoms with Gasteiger partial charge in [0.15, 0.2) is 0 Å². The van der Waals surface area contributed by atoms with Crippen LogP contribution in [0.2, 0.25) is 0 Å². The lowest BCUT2D eigenvalue weighted by Gasteiger charge is -2.32. The van der Waals surface area contributed by atoms with E-state index >= 15 is 0 Å². The fourth-order valence-electron chi connectivity index (χ4n) is 2.69. The Bertz CT molecular complexity index is 770. The second-order valence-electron chi connectivity index (χ2n) is 4.57. The van der Waals surface area contributed by atoms with Crippen molar-refractivity contribution in [2.75, 3.05) is 0 Å². The van der Waals surface area contributed by atoms with Crippen LogP contribution in [0, 0.1) is 0 Å². The Hall–Kier alpha value is -2.80. The first-order valence-corrected chi connectivity index (χ1v) is 6.21. The molecule has 20 heavy (non-hydrogen) atoms. The largest absolute Gasteiger partial charge is 0.240 e. The molecule has 2 aromatic rings. The first-order chi connectivity index (χ1) is 9.85. The van der Waals surface area contributed by atoms with E-state index in [1.807, 2.05) is 30.3 Å². The predicted molar refractivity (Wildman–Crippen MR) is 74.0 cm³/mol. The van der Waals surface area contributed by atoms with Crippen LogP contribution < -0.4 is 0 Å². The van der Waals surface area contributed by atoms with E-state index in [1.54, 1.807) is 24.3 Å². The van der Waals surface area contributed by atoms with Crippen LogP contribution >= 0.6 is 0 Å². The van der Waals surface area contributed by atoms with Crippen molar-refractivity contribution in [1.82, 2.24) is 0 Å². The highest BCUT2D eigenvalue weighted by atomic mass is 16.1. The molecule has 1 atom stereocenters. The molecule has 0 radical (unpaired) electrons. The third kappa shape index (κ3) is 1.90. The van der Waals surface area contributed by atoms with Crippen molar-refractivity contribution in [3.63, 3.8) is 0 Å². The van der Waals surface area contributed by atoms with Gasteiger partial charge >= 0.3 is 0 Å². The Morgan fingerprint density at radius 3 is 2.30 bits per heavy atom. The van der Waals surface area contributed by atoms with Gasteiger partial charge in [-0.1, -0.05) is 30.3 Å². The average molecular weight is 262 g/mol. The van der Waals surface area contributed by atoms with E-state index < -0.39 is 0 Å². The van der Waals surface area contributed by atoms with E-state index in [2.05, 4.69) is 9.98 Å². The Morgan fingerprint density at radius 2 is 1.50 bits per heavy atom. The maximum atomic E-state index is 10.5. The van der Waals surface area contributed by atoms with Crippen molar-refractivity contribution >= 4 is 23.5 Å². The van der Waals surface area contributed by atoms with E-state index in [1.165, 1.54) is 0 Å². The molecular weight excluding hydrogens is 252 g/mol. The molecule has 1 aliphatic carbocycles. The zero-order valence-corrected chi connectivity index (χ0v) is 10.5. The lowest BCUT2D eigenvalue weighted by molar-refractivity contribution is 0.564. The fourth-order valence-corrected chi connectivity index (χ4v) is 2.69. The van der Waals surface area contributed by atoms with Gasteiger partial charge in [0, 0.05) is 5.92 Å². The highest BCUT2D eigenvalue weighted by molar-refractivity contribution is 5.66. The average Bonchev–Trinajstić information content (AvgIpc) is 2.44. The van der Waals surface area contributed by atoms with Gasteiger partial charge in [-0.05, 0) is 35.2 Å². The topological polar surface area (TPSA) is 58.9 Å². The Morgan fingerprint density at radius 1 is 0.850 bits per heavy atom. The molecule has 0 fully saturated rings. The summed E-state index contributed by atoms with van der Waals surface area (Å²) in [5.41, 5.74) is 4.49. The highest BCUT2D eigenvalue weighted by Gasteiger charge is 2.31. The number of fused-ring (bicyclic) bond motifs is 1. The van der Waals surface area contributed by atoms with E-state index in [-0.39, 0.29) is 5.92 Å². The van der Waals surface area contributed by atoms with Crippen molar-refractivity contribution in [3.05, 3.63) is 59.2 Å². The smallest absolute Gasteiger partial charge is 0.211 e. The van der Waals surface area contributed by atoms with E-state index in [9.17, 15) is 9.59 Å². The summed E-state index contributed by atoms with van der Waals surface area (Å²) < 4.78 is 0. The molecule has 0 heterocycles. The molecule has 0 amide bonds. The minimum atomic E-state index is 0.181. The van der Waals surface area contributed by atoms with Crippen molar-refractivity contribution in [2.45, 2.75) is 12.3 Å². The third-order valence-electron chi connectivity index (χ3n) is 3.62. The quantitative estimate of drug-likeness (QED) is 0.629. The van der Waals surface area contributed by atoms with Gasteiger partial charge in [-0.15, -0.1) is 0 Å². The monoisotopic (exact) mass is 262 g/mol. The second-order valence-corrected chi connectivity index (χ2v) is 4.57. The summed E-state index contributed by atoms with van der Waals surface area (Å²) in [4.78, 5) is 28.4. The summed E-state index contributed by atoms with van der Waals surface area (Å²) in [5.74, 6) is 0.181. The maximum Gasteiger partial charge on any atom is 0.240 e. The van der Waals surface area contributed by atoms with Crippen molar-refractivity contribution in [2.24, 2.45) is 9.98 Å². The Balaban J connectivity index is 2.06. The van der Waals surface area contributed by atoms with Gasteiger partial charge in [-0.2, -0.15) is 9.98 Å². The summed E-state index contributed by atoms with van der Waals surface area (Å²) >= 11 is 0. The highest BCUT2D eigenvalue weighted by Crippen LogP contribution is 2.46. The number of hydrogen-bond acceptors (Lipinski definition) is 4. The fraction of sp³-hybridized carbons (Fsp3) is 0.125. The van der Waals surface area contributed by atoms with Gasteiger partial charge < -0.3 is 0 Å². The number of carbonyl (C=O) groups excluding carboxylic acids is 2. The van der Waals surface area contributed by atoms with Gasteiger partial charge in [0.2, 0.25) is 12.2 Å². The zero-order valence-electron chi connectivity index (χ0n) is 10.5. The maximum absolute atomic E-state index is 10.5. The summed E-state index contributed by atoms with van der Waals surface area (Å²) in [6, 6.07) is 13.2. The summed E-state index contributed by atoms with van der Waals surface area (Å²) in [7, 11) is 0. The molecule has 0 saturated heterocycles. The van der Waals surface area contributed by atoms with Crippen molar-refractivity contribution in [1.29, 1.82) is 0 Å². The molecule has 3 rings (SSSR count). The van der Waals surface area contributed by atoms with Crippen molar-refractivity contribution < 1.29 is 9.59 Å². The second kappa shape index (κ2) is 5.06. The number of isocyanates is 2. The van der Waals surface area contributed by atoms with Crippen LogP contribution in [0.4, 0.5) is 11.4 Å². The molecule has 4 nitrogen and oxygen atoms in total. The van der Waals surface area contributed by atoms with E-state index in [0.717, 1.165) is 23.1 Å². The third-order valence-corrected chi connectivity index (χ3v) is 3.62. The van der Waals surface area contributed by atoms with Crippen LogP contribution in [0.15, 0.2) is 52.4 Å².